The zero-order valence-electron chi connectivity index (χ0n) is 22.5. The number of sulfone groups is 1. The average Bonchev–Trinajstić information content (AvgIpc) is 3.44. The predicted molar refractivity (Wildman–Crippen MR) is 148 cm³/mol. The first-order chi connectivity index (χ1) is 20.0. The predicted octanol–water partition coefficient (Wildman–Crippen LogP) is 5.75. The highest BCUT2D eigenvalue weighted by Gasteiger charge is 2.38. The molecule has 2 aliphatic heterocycles. The molecule has 1 N–H and O–H groups in total. The van der Waals surface area contributed by atoms with Gasteiger partial charge >= 0.3 is 6.36 Å². The van der Waals surface area contributed by atoms with Crippen molar-refractivity contribution in [3.63, 3.8) is 0 Å². The van der Waals surface area contributed by atoms with E-state index in [1.807, 2.05) is 6.92 Å². The van der Waals surface area contributed by atoms with Gasteiger partial charge < -0.3 is 24.2 Å². The molecule has 0 spiro atoms. The van der Waals surface area contributed by atoms with Gasteiger partial charge in [0.25, 0.3) is 0 Å². The summed E-state index contributed by atoms with van der Waals surface area (Å²) in [6.45, 7) is 2.48. The van der Waals surface area contributed by atoms with Gasteiger partial charge in [-0.2, -0.15) is 0 Å². The number of hydrogen-bond acceptors (Lipinski definition) is 8. The number of nitrogens with zero attached hydrogens (tertiary/aromatic N) is 2. The molecule has 1 saturated heterocycles. The van der Waals surface area contributed by atoms with Crippen LogP contribution in [0.4, 0.5) is 18.9 Å². The number of aryl methyl sites for hydroxylation is 1. The Balaban J connectivity index is 1.42. The summed E-state index contributed by atoms with van der Waals surface area (Å²) in [5.41, 5.74) is 0.866. The number of hydrogen-bond donors (Lipinski definition) is 1. The second-order valence-electron chi connectivity index (χ2n) is 10.3. The highest BCUT2D eigenvalue weighted by atomic mass is 32.2. The van der Waals surface area contributed by atoms with E-state index in [2.05, 4.69) is 9.72 Å². The quantitative estimate of drug-likeness (QED) is 0.299. The molecule has 0 radical (unpaired) electrons. The Labute approximate surface area is 240 Å². The number of alkyl halides is 3. The number of aromatic nitrogens is 1. The first-order valence-corrected chi connectivity index (χ1v) is 14.9. The fourth-order valence-corrected chi connectivity index (χ4v) is 6.90. The van der Waals surface area contributed by atoms with Gasteiger partial charge in [0.2, 0.25) is 16.6 Å². The van der Waals surface area contributed by atoms with Crippen LogP contribution in [0.2, 0.25) is 0 Å². The Bertz CT molecular complexity index is 1750. The van der Waals surface area contributed by atoms with E-state index in [1.165, 1.54) is 24.4 Å². The van der Waals surface area contributed by atoms with Crippen LogP contribution in [0.5, 0.6) is 17.2 Å². The summed E-state index contributed by atoms with van der Waals surface area (Å²) in [5, 5.41) is 11.8. The zero-order chi connectivity index (χ0) is 29.7. The number of anilines is 1. The van der Waals surface area contributed by atoms with Gasteiger partial charge in [-0.05, 0) is 72.9 Å². The van der Waals surface area contributed by atoms with Gasteiger partial charge in [-0.3, -0.25) is 4.98 Å². The number of rotatable bonds is 6. The monoisotopic (exact) mass is 600 g/mol. The number of aliphatic hydroxyl groups is 1. The zero-order valence-corrected chi connectivity index (χ0v) is 23.3. The molecule has 8 nitrogen and oxygen atoms in total. The van der Waals surface area contributed by atoms with Gasteiger partial charge in [0.05, 0.1) is 21.7 Å². The maximum absolute atomic E-state index is 14.0. The molecule has 0 atom stereocenters. The minimum absolute atomic E-state index is 0.0404. The average molecular weight is 601 g/mol. The summed E-state index contributed by atoms with van der Waals surface area (Å²) >= 11 is 0. The standard InChI is InChI=1S/C30H27F3N2O6S/c1-2-19-3-7-22(8-4-19)42(37,38)27-17-34-24-9-6-21(41-30(31,32)33)16-23(24)28(27)35-13-11-29(36,12-14-35)20-5-10-25-26(15-20)40-18-39-25/h3-10,15-17,36H,2,11-14,18H2,1H3. The molecule has 12 heteroatoms. The smallest absolute Gasteiger partial charge is 0.454 e. The normalized spacial score (nSPS) is 16.5. The molecule has 1 fully saturated rings. The van der Waals surface area contributed by atoms with Crippen LogP contribution in [0.15, 0.2) is 76.7 Å². The SMILES string of the molecule is CCc1ccc(S(=O)(=O)c2cnc3ccc(OC(F)(F)F)cc3c2N2CCC(O)(c3ccc4c(c3)OCO4)CC2)cc1. The molecule has 0 saturated carbocycles. The second kappa shape index (κ2) is 10.4. The first kappa shape index (κ1) is 28.1. The Morgan fingerprint density at radius 3 is 2.40 bits per heavy atom. The lowest BCUT2D eigenvalue weighted by Gasteiger charge is -2.40. The fourth-order valence-electron chi connectivity index (χ4n) is 5.47. The summed E-state index contributed by atoms with van der Waals surface area (Å²) in [6.07, 6.45) is -2.52. The molecule has 2 aliphatic rings. The van der Waals surface area contributed by atoms with Crippen LogP contribution < -0.4 is 19.1 Å². The topological polar surface area (TPSA) is 98.2 Å². The van der Waals surface area contributed by atoms with Crippen LogP contribution in [-0.2, 0) is 21.9 Å². The molecule has 0 aliphatic carbocycles. The molecule has 1 aromatic heterocycles. The van der Waals surface area contributed by atoms with E-state index in [-0.39, 0.29) is 53.6 Å². The summed E-state index contributed by atoms with van der Waals surface area (Å²) in [5.74, 6) is 0.624. The third-order valence-electron chi connectivity index (χ3n) is 7.76. The molecule has 42 heavy (non-hydrogen) atoms. The molecule has 3 heterocycles. The van der Waals surface area contributed by atoms with Crippen molar-refractivity contribution in [2.45, 2.75) is 47.9 Å². The molecular weight excluding hydrogens is 573 g/mol. The highest BCUT2D eigenvalue weighted by Crippen LogP contribution is 2.43. The second-order valence-corrected chi connectivity index (χ2v) is 12.2. The van der Waals surface area contributed by atoms with Crippen molar-refractivity contribution < 1.29 is 40.9 Å². The van der Waals surface area contributed by atoms with Gasteiger partial charge in [0, 0.05) is 24.7 Å². The third-order valence-corrected chi connectivity index (χ3v) is 9.53. The Hall–Kier alpha value is -4.03. The molecule has 220 valence electrons. The Morgan fingerprint density at radius 2 is 1.71 bits per heavy atom. The van der Waals surface area contributed by atoms with Gasteiger partial charge in [-0.1, -0.05) is 25.1 Å². The molecule has 4 aromatic rings. The first-order valence-electron chi connectivity index (χ1n) is 13.4. The number of fused-ring (bicyclic) bond motifs is 2. The van der Waals surface area contributed by atoms with Crippen molar-refractivity contribution >= 4 is 26.4 Å². The number of ether oxygens (including phenoxy) is 3. The Kier molecular flexibility index (Phi) is 6.93. The molecule has 3 aromatic carbocycles. The van der Waals surface area contributed by atoms with E-state index in [9.17, 15) is 26.7 Å². The van der Waals surface area contributed by atoms with Gasteiger partial charge in [0.1, 0.15) is 10.6 Å². The lowest BCUT2D eigenvalue weighted by molar-refractivity contribution is -0.274. The molecule has 0 unspecified atom stereocenters. The number of halogens is 3. The van der Waals surface area contributed by atoms with Gasteiger partial charge in [0.15, 0.2) is 11.5 Å². The number of pyridine rings is 1. The van der Waals surface area contributed by atoms with E-state index in [0.29, 0.717) is 22.6 Å². The highest BCUT2D eigenvalue weighted by molar-refractivity contribution is 7.91. The van der Waals surface area contributed by atoms with Gasteiger partial charge in [-0.15, -0.1) is 13.2 Å². The van der Waals surface area contributed by atoms with E-state index >= 15 is 0 Å². The van der Waals surface area contributed by atoms with E-state index in [0.717, 1.165) is 24.1 Å². The Morgan fingerprint density at radius 1 is 1.00 bits per heavy atom. The van der Waals surface area contributed by atoms with Crippen molar-refractivity contribution in [1.29, 1.82) is 0 Å². The van der Waals surface area contributed by atoms with Crippen molar-refractivity contribution in [2.75, 3.05) is 24.8 Å². The molecule has 6 rings (SSSR count). The van der Waals surface area contributed by atoms with E-state index in [1.54, 1.807) is 35.2 Å². The summed E-state index contributed by atoms with van der Waals surface area (Å²) in [4.78, 5) is 5.96. The lowest BCUT2D eigenvalue weighted by atomic mass is 9.84. The van der Waals surface area contributed by atoms with Crippen LogP contribution in [0, 0.1) is 0 Å². The molecular formula is C30H27F3N2O6S. The van der Waals surface area contributed by atoms with Crippen LogP contribution in [-0.4, -0.2) is 44.8 Å². The maximum atomic E-state index is 14.0. The third kappa shape index (κ3) is 5.20. The van der Waals surface area contributed by atoms with Crippen LogP contribution in [0.3, 0.4) is 0 Å². The van der Waals surface area contributed by atoms with Gasteiger partial charge in [-0.25, -0.2) is 8.42 Å². The van der Waals surface area contributed by atoms with Crippen molar-refractivity contribution in [3.8, 4) is 17.2 Å². The van der Waals surface area contributed by atoms with E-state index < -0.39 is 27.6 Å². The van der Waals surface area contributed by atoms with Crippen molar-refractivity contribution in [1.82, 2.24) is 4.98 Å². The number of benzene rings is 3. The fraction of sp³-hybridized carbons (Fsp3) is 0.300. The van der Waals surface area contributed by atoms with Crippen molar-refractivity contribution in [2.24, 2.45) is 0 Å². The van der Waals surface area contributed by atoms with Crippen LogP contribution in [0.1, 0.15) is 30.9 Å². The van der Waals surface area contributed by atoms with Crippen LogP contribution in [0.25, 0.3) is 10.9 Å². The molecule has 0 bridgehead atoms. The minimum atomic E-state index is -4.93. The number of piperidine rings is 1. The summed E-state index contributed by atoms with van der Waals surface area (Å²) < 4.78 is 82.2. The van der Waals surface area contributed by atoms with E-state index in [4.69, 9.17) is 9.47 Å². The maximum Gasteiger partial charge on any atom is 0.573 e. The van der Waals surface area contributed by atoms with Crippen LogP contribution >= 0.6 is 0 Å². The largest absolute Gasteiger partial charge is 0.573 e. The van der Waals surface area contributed by atoms with Crippen molar-refractivity contribution in [3.05, 3.63) is 78.0 Å². The summed E-state index contributed by atoms with van der Waals surface area (Å²) in [7, 11) is -4.13. The lowest BCUT2D eigenvalue weighted by Crippen LogP contribution is -2.43. The molecule has 0 amide bonds. The minimum Gasteiger partial charge on any atom is -0.454 e. The summed E-state index contributed by atoms with van der Waals surface area (Å²) in [6, 6.07) is 15.4.